The summed E-state index contributed by atoms with van der Waals surface area (Å²) in [6.45, 7) is 1.39. The minimum Gasteiger partial charge on any atom is -0.467 e. The van der Waals surface area contributed by atoms with Crippen LogP contribution in [0.1, 0.15) is 12.5 Å². The molecule has 0 fully saturated rings. The van der Waals surface area contributed by atoms with Crippen LogP contribution in [0, 0.1) is 17.5 Å². The molecule has 3 rings (SSSR count). The third-order valence-electron chi connectivity index (χ3n) is 3.83. The van der Waals surface area contributed by atoms with Crippen LogP contribution in [0.3, 0.4) is 0 Å². The smallest absolute Gasteiger partial charge is 0.315 e. The first-order chi connectivity index (χ1) is 11.8. The number of hydrogen-bond acceptors (Lipinski definition) is 4. The lowest BCUT2D eigenvalue weighted by Crippen LogP contribution is -2.43. The van der Waals surface area contributed by atoms with Crippen LogP contribution in [0.25, 0.3) is 0 Å². The van der Waals surface area contributed by atoms with Crippen LogP contribution in [0.2, 0.25) is 0 Å². The van der Waals surface area contributed by atoms with Gasteiger partial charge in [0.15, 0.2) is 5.54 Å². The molecule has 8 heteroatoms. The van der Waals surface area contributed by atoms with Crippen molar-refractivity contribution in [1.82, 2.24) is 5.01 Å². The van der Waals surface area contributed by atoms with Gasteiger partial charge in [0, 0.05) is 11.6 Å². The minimum atomic E-state index is -1.65. The van der Waals surface area contributed by atoms with Crippen molar-refractivity contribution in [3.8, 4) is 0 Å². The fraction of sp³-hybridized carbons (Fsp3) is 0.176. The second-order valence-electron chi connectivity index (χ2n) is 5.56. The molecule has 1 aliphatic heterocycles. The molecule has 0 aromatic heterocycles. The molecule has 5 nitrogen and oxygen atoms in total. The van der Waals surface area contributed by atoms with Crippen molar-refractivity contribution in [3.63, 3.8) is 0 Å². The topological polar surface area (TPSA) is 53.9 Å². The Morgan fingerprint density at radius 1 is 1.12 bits per heavy atom. The van der Waals surface area contributed by atoms with Crippen molar-refractivity contribution in [1.29, 1.82) is 0 Å². The predicted octanol–water partition coefficient (Wildman–Crippen LogP) is 3.19. The number of carbonyl (C=O) groups is 1. The highest BCUT2D eigenvalue weighted by atomic mass is 19.1. The summed E-state index contributed by atoms with van der Waals surface area (Å²) in [4.78, 5) is 17.0. The van der Waals surface area contributed by atoms with Gasteiger partial charge in [-0.1, -0.05) is 12.1 Å². The molecule has 1 atom stereocenters. The summed E-state index contributed by atoms with van der Waals surface area (Å²) in [6.07, 6.45) is 0. The zero-order valence-electron chi connectivity index (χ0n) is 13.4. The number of aliphatic imine (C=N–C) groups is 1. The number of hydrazine groups is 1. The Kier molecular flexibility index (Phi) is 4.12. The number of anilines is 1. The van der Waals surface area contributed by atoms with E-state index in [2.05, 4.69) is 10.4 Å². The molecule has 1 unspecified atom stereocenters. The van der Waals surface area contributed by atoms with E-state index in [1.54, 1.807) is 0 Å². The number of methoxy groups -OCH3 is 1. The number of nitrogens with zero attached hydrogens (tertiary/aromatic N) is 2. The summed E-state index contributed by atoms with van der Waals surface area (Å²) in [5.74, 6) is -2.82. The van der Waals surface area contributed by atoms with Crippen molar-refractivity contribution in [2.75, 3.05) is 12.5 Å². The molecule has 130 valence electrons. The number of hydrogen-bond donors (Lipinski definition) is 1. The number of nitrogens with one attached hydrogen (secondary N) is 1. The number of rotatable bonds is 3. The molecule has 1 heterocycles. The van der Waals surface area contributed by atoms with Gasteiger partial charge in [-0.15, -0.1) is 0 Å². The average Bonchev–Trinajstić information content (AvgIpc) is 2.80. The number of amides is 1. The molecule has 25 heavy (non-hydrogen) atoms. The molecule has 2 aromatic rings. The van der Waals surface area contributed by atoms with Gasteiger partial charge in [-0.05, 0) is 31.2 Å². The molecular formula is C17H14F3N3O2. The van der Waals surface area contributed by atoms with E-state index in [0.717, 1.165) is 17.1 Å². The molecule has 1 N–H and O–H groups in total. The molecule has 0 saturated carbocycles. The van der Waals surface area contributed by atoms with Gasteiger partial charge >= 0.3 is 6.02 Å². The van der Waals surface area contributed by atoms with Crippen molar-refractivity contribution >= 4 is 17.6 Å². The molecule has 1 amide bonds. The van der Waals surface area contributed by atoms with Gasteiger partial charge in [-0.3, -0.25) is 10.2 Å². The van der Waals surface area contributed by atoms with E-state index < -0.39 is 28.9 Å². The zero-order chi connectivity index (χ0) is 18.2. The second kappa shape index (κ2) is 6.12. The summed E-state index contributed by atoms with van der Waals surface area (Å²) in [5.41, 5.74) is 1.21. The first kappa shape index (κ1) is 16.8. The summed E-state index contributed by atoms with van der Waals surface area (Å²) >= 11 is 0. The van der Waals surface area contributed by atoms with E-state index in [-0.39, 0.29) is 17.3 Å². The summed E-state index contributed by atoms with van der Waals surface area (Å²) < 4.78 is 45.7. The first-order valence-electron chi connectivity index (χ1n) is 7.31. The van der Waals surface area contributed by atoms with Crippen molar-refractivity contribution in [3.05, 3.63) is 65.5 Å². The lowest BCUT2D eigenvalue weighted by molar-refractivity contribution is -0.130. The lowest BCUT2D eigenvalue weighted by Gasteiger charge is -2.23. The van der Waals surface area contributed by atoms with E-state index >= 15 is 0 Å². The second-order valence-corrected chi connectivity index (χ2v) is 5.56. The lowest BCUT2D eigenvalue weighted by atomic mass is 9.92. The number of ether oxygens (including phenoxy) is 1. The fourth-order valence-electron chi connectivity index (χ4n) is 2.58. The highest BCUT2D eigenvalue weighted by Gasteiger charge is 2.49. The summed E-state index contributed by atoms with van der Waals surface area (Å²) in [6, 6.07) is 8.18. The van der Waals surface area contributed by atoms with Gasteiger partial charge in [0.2, 0.25) is 0 Å². The minimum absolute atomic E-state index is 0.100. The molecule has 0 saturated heterocycles. The Balaban J connectivity index is 1.98. The molecule has 0 radical (unpaired) electrons. The van der Waals surface area contributed by atoms with Gasteiger partial charge < -0.3 is 4.74 Å². The maximum atomic E-state index is 14.2. The van der Waals surface area contributed by atoms with Crippen LogP contribution in [0.15, 0.2) is 47.5 Å². The summed E-state index contributed by atoms with van der Waals surface area (Å²) in [5, 5.41) is 0.956. The van der Waals surface area contributed by atoms with Crippen molar-refractivity contribution in [2.24, 2.45) is 4.99 Å². The molecule has 0 bridgehead atoms. The normalized spacial score (nSPS) is 19.8. The number of amidine groups is 1. The van der Waals surface area contributed by atoms with E-state index in [0.29, 0.717) is 6.07 Å². The highest BCUT2D eigenvalue weighted by molar-refractivity contribution is 6.06. The van der Waals surface area contributed by atoms with E-state index in [9.17, 15) is 18.0 Å². The van der Waals surface area contributed by atoms with Crippen LogP contribution < -0.4 is 5.43 Å². The standard InChI is InChI=1S/C17H14F3N3O2/c1-17(13-7-6-11(19)9-14(13)20)15(24)23(16(21-17)25-2)22-12-5-3-4-10(18)8-12/h3-9,22H,1-2H3. The summed E-state index contributed by atoms with van der Waals surface area (Å²) in [7, 11) is 1.29. The third kappa shape index (κ3) is 2.90. The molecule has 1 aliphatic rings. The van der Waals surface area contributed by atoms with Crippen LogP contribution in [-0.2, 0) is 15.1 Å². The molecular weight excluding hydrogens is 335 g/mol. The quantitative estimate of drug-likeness (QED) is 0.926. The van der Waals surface area contributed by atoms with Gasteiger partial charge in [-0.2, -0.15) is 5.01 Å². The Hall–Kier alpha value is -3.03. The van der Waals surface area contributed by atoms with E-state index in [4.69, 9.17) is 4.74 Å². The number of carbonyl (C=O) groups excluding carboxylic acids is 1. The van der Waals surface area contributed by atoms with Gasteiger partial charge in [0.05, 0.1) is 12.8 Å². The SMILES string of the molecule is COC1=NC(C)(c2ccc(F)cc2F)C(=O)N1Nc1cccc(F)c1. The Morgan fingerprint density at radius 2 is 1.84 bits per heavy atom. The van der Waals surface area contributed by atoms with Crippen LogP contribution in [-0.4, -0.2) is 24.0 Å². The highest BCUT2D eigenvalue weighted by Crippen LogP contribution is 2.35. The van der Waals surface area contributed by atoms with Gasteiger partial charge in [0.25, 0.3) is 5.91 Å². The fourth-order valence-corrected chi connectivity index (χ4v) is 2.58. The molecule has 0 aliphatic carbocycles. The largest absolute Gasteiger partial charge is 0.467 e. The Morgan fingerprint density at radius 3 is 2.48 bits per heavy atom. The van der Waals surface area contributed by atoms with Gasteiger partial charge in [-0.25, -0.2) is 18.2 Å². The number of halogens is 3. The Labute approximate surface area is 141 Å². The maximum absolute atomic E-state index is 14.2. The van der Waals surface area contributed by atoms with Crippen molar-refractivity contribution in [2.45, 2.75) is 12.5 Å². The third-order valence-corrected chi connectivity index (χ3v) is 3.83. The van der Waals surface area contributed by atoms with Crippen molar-refractivity contribution < 1.29 is 22.7 Å². The number of benzene rings is 2. The van der Waals surface area contributed by atoms with Crippen LogP contribution >= 0.6 is 0 Å². The van der Waals surface area contributed by atoms with Gasteiger partial charge in [0.1, 0.15) is 17.5 Å². The van der Waals surface area contributed by atoms with Crippen LogP contribution in [0.5, 0.6) is 0 Å². The van der Waals surface area contributed by atoms with Crippen LogP contribution in [0.4, 0.5) is 18.9 Å². The Bertz CT molecular complexity index is 872. The predicted molar refractivity (Wildman–Crippen MR) is 85.0 cm³/mol. The monoisotopic (exact) mass is 349 g/mol. The van der Waals surface area contributed by atoms with E-state index in [1.807, 2.05) is 0 Å². The molecule has 2 aromatic carbocycles. The maximum Gasteiger partial charge on any atom is 0.315 e. The van der Waals surface area contributed by atoms with E-state index in [1.165, 1.54) is 38.3 Å². The molecule has 0 spiro atoms. The first-order valence-corrected chi connectivity index (χ1v) is 7.31. The zero-order valence-corrected chi connectivity index (χ0v) is 13.4. The average molecular weight is 349 g/mol.